The molecule has 0 saturated carbocycles. The zero-order valence-corrected chi connectivity index (χ0v) is 12.1. The van der Waals surface area contributed by atoms with Crippen LogP contribution >= 0.6 is 0 Å². The van der Waals surface area contributed by atoms with E-state index in [-0.39, 0.29) is 0 Å². The summed E-state index contributed by atoms with van der Waals surface area (Å²) in [6.45, 7) is 4.23. The summed E-state index contributed by atoms with van der Waals surface area (Å²) in [4.78, 5) is 0. The molecule has 0 aliphatic heterocycles. The molecule has 2 heteroatoms. The zero-order chi connectivity index (χ0) is 13.8. The highest BCUT2D eigenvalue weighted by atomic mass is 16.5. The van der Waals surface area contributed by atoms with E-state index in [2.05, 4.69) is 55.6 Å². The molecule has 0 bridgehead atoms. The zero-order valence-electron chi connectivity index (χ0n) is 12.1. The van der Waals surface area contributed by atoms with Gasteiger partial charge in [0.2, 0.25) is 0 Å². The summed E-state index contributed by atoms with van der Waals surface area (Å²) in [5.41, 5.74) is 6.29. The van der Waals surface area contributed by atoms with Crippen LogP contribution in [-0.2, 0) is 6.42 Å². The fraction of sp³-hybridized carbons (Fsp3) is 0.294. The van der Waals surface area contributed by atoms with E-state index in [0.717, 1.165) is 17.9 Å². The molecule has 2 rings (SSSR count). The summed E-state index contributed by atoms with van der Waals surface area (Å²) in [6.07, 6.45) is 0.951. The highest BCUT2D eigenvalue weighted by molar-refractivity contribution is 5.48. The van der Waals surface area contributed by atoms with Gasteiger partial charge in [-0.25, -0.2) is 0 Å². The monoisotopic (exact) mass is 255 g/mol. The molecule has 2 aromatic carbocycles. The lowest BCUT2D eigenvalue weighted by Gasteiger charge is -2.12. The van der Waals surface area contributed by atoms with E-state index >= 15 is 0 Å². The molecule has 0 fully saturated rings. The molecule has 0 unspecified atom stereocenters. The summed E-state index contributed by atoms with van der Waals surface area (Å²) >= 11 is 0. The summed E-state index contributed by atoms with van der Waals surface area (Å²) < 4.78 is 5.36. The van der Waals surface area contributed by atoms with Gasteiger partial charge in [0.15, 0.2) is 0 Å². The van der Waals surface area contributed by atoms with Crippen molar-refractivity contribution in [2.24, 2.45) is 0 Å². The fourth-order valence-electron chi connectivity index (χ4n) is 2.32. The summed E-state index contributed by atoms with van der Waals surface area (Å²) in [5, 5.41) is 3.18. The standard InChI is InChI=1S/C17H21NO/c1-12-9-17(19-4)13(2)8-15(12)10-14-6-5-7-16(11-14)18-3/h5-9,11,18H,10H2,1-4H3. The van der Waals surface area contributed by atoms with E-state index in [9.17, 15) is 0 Å². The Morgan fingerprint density at radius 2 is 1.84 bits per heavy atom. The molecule has 0 atom stereocenters. The maximum absolute atomic E-state index is 5.36. The van der Waals surface area contributed by atoms with Crippen molar-refractivity contribution in [1.82, 2.24) is 0 Å². The van der Waals surface area contributed by atoms with E-state index in [1.807, 2.05) is 7.05 Å². The molecule has 19 heavy (non-hydrogen) atoms. The van der Waals surface area contributed by atoms with E-state index in [1.165, 1.54) is 22.3 Å². The number of rotatable bonds is 4. The Morgan fingerprint density at radius 1 is 1.05 bits per heavy atom. The topological polar surface area (TPSA) is 21.3 Å². The molecule has 0 spiro atoms. The Balaban J connectivity index is 2.30. The number of hydrogen-bond acceptors (Lipinski definition) is 2. The molecule has 1 N–H and O–H groups in total. The molecular formula is C17H21NO. The van der Waals surface area contributed by atoms with Crippen LogP contribution in [0.2, 0.25) is 0 Å². The van der Waals surface area contributed by atoms with Crippen molar-refractivity contribution < 1.29 is 4.74 Å². The summed E-state index contributed by atoms with van der Waals surface area (Å²) in [6, 6.07) is 12.9. The van der Waals surface area contributed by atoms with E-state index < -0.39 is 0 Å². The van der Waals surface area contributed by atoms with Crippen molar-refractivity contribution in [3.63, 3.8) is 0 Å². The van der Waals surface area contributed by atoms with Crippen molar-refractivity contribution >= 4 is 5.69 Å². The average molecular weight is 255 g/mol. The maximum Gasteiger partial charge on any atom is 0.122 e. The molecule has 2 nitrogen and oxygen atoms in total. The molecular weight excluding hydrogens is 234 g/mol. The Morgan fingerprint density at radius 3 is 2.53 bits per heavy atom. The Kier molecular flexibility index (Phi) is 4.10. The largest absolute Gasteiger partial charge is 0.496 e. The second-order valence-electron chi connectivity index (χ2n) is 4.88. The third-order valence-corrected chi connectivity index (χ3v) is 3.46. The van der Waals surface area contributed by atoms with Gasteiger partial charge in [-0.2, -0.15) is 0 Å². The van der Waals surface area contributed by atoms with Crippen LogP contribution < -0.4 is 10.1 Å². The molecule has 0 aliphatic rings. The lowest BCUT2D eigenvalue weighted by atomic mass is 9.98. The van der Waals surface area contributed by atoms with Gasteiger partial charge in [-0.3, -0.25) is 0 Å². The van der Waals surface area contributed by atoms with Crippen LogP contribution in [0.25, 0.3) is 0 Å². The number of aryl methyl sites for hydroxylation is 2. The Bertz CT molecular complexity index is 575. The first kappa shape index (κ1) is 13.5. The second-order valence-corrected chi connectivity index (χ2v) is 4.88. The first-order chi connectivity index (χ1) is 9.13. The fourth-order valence-corrected chi connectivity index (χ4v) is 2.32. The lowest BCUT2D eigenvalue weighted by molar-refractivity contribution is 0.411. The van der Waals surface area contributed by atoms with Gasteiger partial charge >= 0.3 is 0 Å². The van der Waals surface area contributed by atoms with Gasteiger partial charge in [-0.1, -0.05) is 18.2 Å². The number of benzene rings is 2. The van der Waals surface area contributed by atoms with Gasteiger partial charge in [-0.15, -0.1) is 0 Å². The molecule has 100 valence electrons. The van der Waals surface area contributed by atoms with E-state index in [0.29, 0.717) is 0 Å². The van der Waals surface area contributed by atoms with Crippen molar-refractivity contribution in [2.75, 3.05) is 19.5 Å². The highest BCUT2D eigenvalue weighted by Crippen LogP contribution is 2.24. The molecule has 0 aromatic heterocycles. The van der Waals surface area contributed by atoms with Crippen LogP contribution in [0.3, 0.4) is 0 Å². The van der Waals surface area contributed by atoms with Crippen molar-refractivity contribution in [1.29, 1.82) is 0 Å². The Hall–Kier alpha value is -1.96. The number of ether oxygens (including phenoxy) is 1. The van der Waals surface area contributed by atoms with Gasteiger partial charge < -0.3 is 10.1 Å². The van der Waals surface area contributed by atoms with Crippen LogP contribution in [0.1, 0.15) is 22.3 Å². The third-order valence-electron chi connectivity index (χ3n) is 3.46. The van der Waals surface area contributed by atoms with Crippen LogP contribution in [0.4, 0.5) is 5.69 Å². The van der Waals surface area contributed by atoms with Gasteiger partial charge in [0.25, 0.3) is 0 Å². The third kappa shape index (κ3) is 3.08. The molecule has 0 saturated heterocycles. The molecule has 0 aliphatic carbocycles. The van der Waals surface area contributed by atoms with E-state index in [1.54, 1.807) is 7.11 Å². The molecule has 0 heterocycles. The highest BCUT2D eigenvalue weighted by Gasteiger charge is 2.06. The minimum absolute atomic E-state index is 0.951. The SMILES string of the molecule is CNc1cccc(Cc2cc(C)c(OC)cc2C)c1. The van der Waals surface area contributed by atoms with Crippen LogP contribution in [0.5, 0.6) is 5.75 Å². The van der Waals surface area contributed by atoms with Crippen molar-refractivity contribution in [3.8, 4) is 5.75 Å². The van der Waals surface area contributed by atoms with Crippen molar-refractivity contribution in [2.45, 2.75) is 20.3 Å². The van der Waals surface area contributed by atoms with Crippen molar-refractivity contribution in [3.05, 3.63) is 58.7 Å². The van der Waals surface area contributed by atoms with Gasteiger partial charge in [0.1, 0.15) is 5.75 Å². The van der Waals surface area contributed by atoms with Crippen LogP contribution in [0.15, 0.2) is 36.4 Å². The van der Waals surface area contributed by atoms with Crippen LogP contribution in [0, 0.1) is 13.8 Å². The smallest absolute Gasteiger partial charge is 0.122 e. The summed E-state index contributed by atoms with van der Waals surface area (Å²) in [5.74, 6) is 0.963. The quantitative estimate of drug-likeness (QED) is 0.893. The van der Waals surface area contributed by atoms with Gasteiger partial charge in [0.05, 0.1) is 7.11 Å². The lowest BCUT2D eigenvalue weighted by Crippen LogP contribution is -1.97. The number of nitrogens with one attached hydrogen (secondary N) is 1. The number of anilines is 1. The molecule has 0 radical (unpaired) electrons. The predicted molar refractivity (Wildman–Crippen MR) is 81.3 cm³/mol. The van der Waals surface area contributed by atoms with Gasteiger partial charge in [0, 0.05) is 12.7 Å². The first-order valence-electron chi connectivity index (χ1n) is 6.55. The number of methoxy groups -OCH3 is 1. The molecule has 0 amide bonds. The first-order valence-corrected chi connectivity index (χ1v) is 6.55. The van der Waals surface area contributed by atoms with E-state index in [4.69, 9.17) is 4.74 Å². The number of hydrogen-bond donors (Lipinski definition) is 1. The minimum Gasteiger partial charge on any atom is -0.496 e. The Labute approximate surface area is 115 Å². The molecule has 2 aromatic rings. The van der Waals surface area contributed by atoms with Crippen LogP contribution in [-0.4, -0.2) is 14.2 Å². The predicted octanol–water partition coefficient (Wildman–Crippen LogP) is 3.94. The van der Waals surface area contributed by atoms with Gasteiger partial charge in [-0.05, 0) is 60.7 Å². The normalized spacial score (nSPS) is 10.3. The minimum atomic E-state index is 0.951. The second kappa shape index (κ2) is 5.79. The average Bonchev–Trinajstić information content (AvgIpc) is 2.42. The maximum atomic E-state index is 5.36. The summed E-state index contributed by atoms with van der Waals surface area (Å²) in [7, 11) is 3.67.